The number of methoxy groups -OCH3 is 1. The number of imide groups is 1. The van der Waals surface area contributed by atoms with E-state index >= 15 is 0 Å². The molecule has 0 radical (unpaired) electrons. The lowest BCUT2D eigenvalue weighted by Crippen LogP contribution is -2.52. The Morgan fingerprint density at radius 2 is 1.72 bits per heavy atom. The third-order valence-electron chi connectivity index (χ3n) is 9.92. The predicted molar refractivity (Wildman–Crippen MR) is 204 cm³/mol. The van der Waals surface area contributed by atoms with Crippen LogP contribution in [0.4, 0.5) is 28.8 Å². The number of nitrogens with one attached hydrogen (secondary N) is 3. The number of nitrogens with zero attached hydrogens (tertiary/aromatic N) is 5. The van der Waals surface area contributed by atoms with Crippen LogP contribution < -0.4 is 30.9 Å². The Morgan fingerprint density at radius 1 is 0.944 bits per heavy atom. The number of aromatic nitrogens is 2. The van der Waals surface area contributed by atoms with Crippen molar-refractivity contribution in [3.05, 3.63) is 88.6 Å². The minimum Gasteiger partial charge on any atom is -0.494 e. The molecule has 2 fully saturated rings. The first kappa shape index (κ1) is 37.3. The topological polar surface area (TPSA) is 168 Å². The lowest BCUT2D eigenvalue weighted by atomic mass is 10.0. The average molecular weight is 775 g/mol. The molecule has 7 rings (SSSR count). The van der Waals surface area contributed by atoms with Crippen molar-refractivity contribution in [3.8, 4) is 5.75 Å². The van der Waals surface area contributed by atoms with Crippen LogP contribution in [0.5, 0.6) is 5.75 Å². The van der Waals surface area contributed by atoms with Crippen LogP contribution in [0.15, 0.2) is 66.9 Å². The number of para-hydroxylation sites is 1. The molecule has 4 heterocycles. The lowest BCUT2D eigenvalue weighted by molar-refractivity contribution is -0.136. The smallest absolute Gasteiger partial charge is 0.362 e. The Balaban J connectivity index is 0.993. The minimum atomic E-state index is -3.57. The van der Waals surface area contributed by atoms with E-state index in [1.807, 2.05) is 36.4 Å². The molecule has 17 heteroatoms. The number of hydrogen-bond acceptors (Lipinski definition) is 13. The van der Waals surface area contributed by atoms with Gasteiger partial charge in [0.2, 0.25) is 17.8 Å². The van der Waals surface area contributed by atoms with E-state index in [0.717, 1.165) is 43.0 Å². The molecule has 3 amide bonds. The fourth-order valence-electron chi connectivity index (χ4n) is 7.04. The molecule has 54 heavy (non-hydrogen) atoms. The number of carbonyl (C=O) groups is 3. The van der Waals surface area contributed by atoms with Crippen molar-refractivity contribution in [2.45, 2.75) is 32.0 Å². The molecular weight excluding hydrogens is 735 g/mol. The number of hydrogen-bond donors (Lipinski definition) is 3. The third-order valence-corrected chi connectivity index (χ3v) is 12.1. The molecule has 1 atom stereocenters. The Hall–Kier alpha value is -5.05. The van der Waals surface area contributed by atoms with Crippen molar-refractivity contribution in [3.63, 3.8) is 0 Å². The van der Waals surface area contributed by atoms with Crippen molar-refractivity contribution in [1.82, 2.24) is 25.1 Å². The molecular formula is C37H40ClN8O7P. The summed E-state index contributed by atoms with van der Waals surface area (Å²) in [5.74, 6) is 0.267. The van der Waals surface area contributed by atoms with E-state index in [9.17, 15) is 18.9 Å². The van der Waals surface area contributed by atoms with E-state index in [-0.39, 0.29) is 35.0 Å². The van der Waals surface area contributed by atoms with Crippen LogP contribution in [0.3, 0.4) is 0 Å². The second-order valence-electron chi connectivity index (χ2n) is 13.0. The summed E-state index contributed by atoms with van der Waals surface area (Å²) in [4.78, 5) is 52.7. The van der Waals surface area contributed by atoms with Crippen molar-refractivity contribution >= 4 is 71.1 Å². The molecule has 4 aromatic rings. The van der Waals surface area contributed by atoms with Crippen molar-refractivity contribution in [1.29, 1.82) is 0 Å². The summed E-state index contributed by atoms with van der Waals surface area (Å²) in [6.07, 6.45) is 2.02. The van der Waals surface area contributed by atoms with Crippen LogP contribution in [-0.4, -0.2) is 91.0 Å². The largest absolute Gasteiger partial charge is 0.494 e. The lowest BCUT2D eigenvalue weighted by Gasteiger charge is -2.36. The summed E-state index contributed by atoms with van der Waals surface area (Å²) in [6.45, 7) is 4.21. The molecule has 0 bridgehead atoms. The van der Waals surface area contributed by atoms with Crippen LogP contribution in [0, 0.1) is 0 Å². The number of carbonyl (C=O) groups excluding carboxylic acids is 3. The van der Waals surface area contributed by atoms with Crippen LogP contribution >= 0.6 is 19.2 Å². The zero-order valence-corrected chi connectivity index (χ0v) is 31.7. The number of piperidine rings is 1. The quantitative estimate of drug-likeness (QED) is 0.133. The highest BCUT2D eigenvalue weighted by atomic mass is 35.5. The Bertz CT molecular complexity index is 2140. The SMILES string of the molecule is COc1cc(N2CCN(Cc3cccc4c3CN(C3CCC(=O)NC3=O)C4=O)CC2)ccc1Nc1ncc(Cl)c(Nc2ccccc2P(=O)(OC)OC)n1. The van der Waals surface area contributed by atoms with Gasteiger partial charge in [0.25, 0.3) is 5.91 Å². The van der Waals surface area contributed by atoms with E-state index in [4.69, 9.17) is 25.4 Å². The number of anilines is 5. The zero-order chi connectivity index (χ0) is 38.0. The summed E-state index contributed by atoms with van der Waals surface area (Å²) in [7, 11) is 0.673. The number of fused-ring (bicyclic) bond motifs is 1. The predicted octanol–water partition coefficient (Wildman–Crippen LogP) is 4.82. The summed E-state index contributed by atoms with van der Waals surface area (Å²) in [6, 6.07) is 17.9. The fourth-order valence-corrected chi connectivity index (χ4v) is 8.41. The van der Waals surface area contributed by atoms with E-state index in [0.29, 0.717) is 47.5 Å². The fraction of sp³-hybridized carbons (Fsp3) is 0.324. The molecule has 1 unspecified atom stereocenters. The molecule has 282 valence electrons. The van der Waals surface area contributed by atoms with Gasteiger partial charge in [-0.1, -0.05) is 35.9 Å². The second kappa shape index (κ2) is 15.7. The summed E-state index contributed by atoms with van der Waals surface area (Å²) >= 11 is 6.46. The van der Waals surface area contributed by atoms with E-state index < -0.39 is 19.5 Å². The van der Waals surface area contributed by atoms with Gasteiger partial charge in [-0.05, 0) is 47.9 Å². The van der Waals surface area contributed by atoms with Gasteiger partial charge in [-0.25, -0.2) is 4.98 Å². The van der Waals surface area contributed by atoms with Crippen LogP contribution in [-0.2, 0) is 36.3 Å². The summed E-state index contributed by atoms with van der Waals surface area (Å²) in [5, 5.41) is 9.30. The van der Waals surface area contributed by atoms with Gasteiger partial charge < -0.3 is 34.2 Å². The zero-order valence-electron chi connectivity index (χ0n) is 30.0. The first-order valence-corrected chi connectivity index (χ1v) is 19.3. The molecule has 3 aliphatic rings. The van der Waals surface area contributed by atoms with Crippen LogP contribution in [0.1, 0.15) is 34.3 Å². The van der Waals surface area contributed by atoms with Gasteiger partial charge in [0, 0.05) is 77.2 Å². The number of benzene rings is 3. The van der Waals surface area contributed by atoms with Crippen LogP contribution in [0.2, 0.25) is 5.02 Å². The van der Waals surface area contributed by atoms with E-state index in [2.05, 4.69) is 35.7 Å². The first-order chi connectivity index (χ1) is 26.1. The number of halogens is 1. The minimum absolute atomic E-state index is 0.165. The van der Waals surface area contributed by atoms with Gasteiger partial charge in [-0.2, -0.15) is 4.98 Å². The monoisotopic (exact) mass is 774 g/mol. The third kappa shape index (κ3) is 7.50. The highest BCUT2D eigenvalue weighted by Crippen LogP contribution is 2.47. The van der Waals surface area contributed by atoms with Gasteiger partial charge in [-0.3, -0.25) is 29.2 Å². The molecule has 2 saturated heterocycles. The summed E-state index contributed by atoms with van der Waals surface area (Å²) in [5.41, 5.74) is 4.74. The normalized spacial score (nSPS) is 17.7. The van der Waals surface area contributed by atoms with Crippen molar-refractivity contribution in [2.75, 3.05) is 63.0 Å². The molecule has 15 nitrogen and oxygen atoms in total. The maximum Gasteiger partial charge on any atom is 0.362 e. The molecule has 3 N–H and O–H groups in total. The first-order valence-electron chi connectivity index (χ1n) is 17.4. The molecule has 0 spiro atoms. The number of rotatable bonds is 12. The van der Waals surface area contributed by atoms with Gasteiger partial charge in [0.05, 0.1) is 30.0 Å². The molecule has 3 aliphatic heterocycles. The summed E-state index contributed by atoms with van der Waals surface area (Å²) < 4.78 is 29.3. The Morgan fingerprint density at radius 3 is 2.46 bits per heavy atom. The Labute approximate surface area is 317 Å². The average Bonchev–Trinajstić information content (AvgIpc) is 3.52. The van der Waals surface area contributed by atoms with E-state index in [1.165, 1.54) is 20.4 Å². The number of amides is 3. The standard InChI is InChI=1S/C37H40ClN8O7P/c1-51-31-19-24(11-12-28(31)41-37-39-20-27(38)34(43-37)40-29-9-4-5-10-32(29)54(50,52-2)53-3)45-17-15-44(16-18-45)21-23-7-6-8-25-26(23)22-46(36(25)49)30-13-14-33(47)42-35(30)48/h4-12,19-20,30H,13-18,21-22H2,1-3H3,(H,42,47,48)(H2,39,40,41,43). The Kier molecular flexibility index (Phi) is 10.9. The van der Waals surface area contributed by atoms with E-state index in [1.54, 1.807) is 36.3 Å². The van der Waals surface area contributed by atoms with Crippen molar-refractivity contribution in [2.24, 2.45) is 0 Å². The molecule has 1 aromatic heterocycles. The van der Waals surface area contributed by atoms with Gasteiger partial charge >= 0.3 is 7.60 Å². The molecule has 0 aliphatic carbocycles. The highest BCUT2D eigenvalue weighted by Gasteiger charge is 2.40. The van der Waals surface area contributed by atoms with Gasteiger partial charge in [0.15, 0.2) is 5.82 Å². The highest BCUT2D eigenvalue weighted by molar-refractivity contribution is 7.62. The van der Waals surface area contributed by atoms with Crippen LogP contribution in [0.25, 0.3) is 0 Å². The molecule has 0 saturated carbocycles. The maximum atomic E-state index is 13.3. The number of ether oxygens (including phenoxy) is 1. The van der Waals surface area contributed by atoms with Gasteiger partial charge in [0.1, 0.15) is 16.8 Å². The van der Waals surface area contributed by atoms with Gasteiger partial charge in [-0.15, -0.1) is 0 Å². The van der Waals surface area contributed by atoms with Crippen molar-refractivity contribution < 1.29 is 32.7 Å². The number of piperazine rings is 1. The second-order valence-corrected chi connectivity index (χ2v) is 15.6. The maximum absolute atomic E-state index is 13.3. The molecule has 3 aromatic carbocycles.